The van der Waals surface area contributed by atoms with Gasteiger partial charge in [0, 0.05) is 17.1 Å². The lowest BCUT2D eigenvalue weighted by Crippen LogP contribution is -2.30. The molecule has 1 aromatic carbocycles. The smallest absolute Gasteiger partial charge is 0.275 e. The molecule has 1 aromatic rings. The van der Waals surface area contributed by atoms with Gasteiger partial charge in [-0.3, -0.25) is 14.2 Å². The Labute approximate surface area is 113 Å². The number of carbonyl (C=O) groups is 2. The zero-order valence-corrected chi connectivity index (χ0v) is 10.6. The van der Waals surface area contributed by atoms with Crippen molar-refractivity contribution in [2.24, 2.45) is 4.99 Å². The van der Waals surface area contributed by atoms with Crippen LogP contribution in [0.3, 0.4) is 0 Å². The predicted molar refractivity (Wildman–Crippen MR) is 74.4 cm³/mol. The first-order valence-corrected chi connectivity index (χ1v) is 6.20. The molecule has 0 saturated carbocycles. The fourth-order valence-electron chi connectivity index (χ4n) is 2.54. The molecule has 0 aliphatic carbocycles. The predicted octanol–water partition coefficient (Wildman–Crippen LogP) is 2.40. The molecule has 0 N–H and O–H groups in total. The molecule has 0 bridgehead atoms. The van der Waals surface area contributed by atoms with Gasteiger partial charge in [-0.1, -0.05) is 18.2 Å². The van der Waals surface area contributed by atoms with Crippen LogP contribution in [-0.4, -0.2) is 27.1 Å². The number of carbonyl (C=O) groups excluding carboxylic acids is 2. The Morgan fingerprint density at radius 3 is 2.80 bits per heavy atom. The highest BCUT2D eigenvalue weighted by Gasteiger charge is 2.26. The summed E-state index contributed by atoms with van der Waals surface area (Å²) in [6.45, 7) is 1.54. The first-order chi connectivity index (χ1) is 9.65. The highest BCUT2D eigenvalue weighted by Crippen LogP contribution is 2.32. The van der Waals surface area contributed by atoms with E-state index < -0.39 is 5.91 Å². The minimum atomic E-state index is -0.394. The summed E-state index contributed by atoms with van der Waals surface area (Å²) >= 11 is 0. The molecular formula is C15H9N3O2. The second kappa shape index (κ2) is 3.60. The molecular weight excluding hydrogens is 254 g/mol. The second-order valence-corrected chi connectivity index (χ2v) is 4.76. The van der Waals surface area contributed by atoms with E-state index in [0.717, 1.165) is 16.5 Å². The number of para-hydroxylation sites is 1. The van der Waals surface area contributed by atoms with E-state index in [-0.39, 0.29) is 17.3 Å². The summed E-state index contributed by atoms with van der Waals surface area (Å²) in [5.41, 5.74) is 2.89. The SMILES string of the molecule is CC1=NC(=O)c2cc3c4ccccc4nc-3cn2C1=O. The normalized spacial score (nSPS) is 14.8. The number of amides is 1. The summed E-state index contributed by atoms with van der Waals surface area (Å²) in [6, 6.07) is 9.38. The van der Waals surface area contributed by atoms with Crippen LogP contribution in [0.4, 0.5) is 0 Å². The second-order valence-electron chi connectivity index (χ2n) is 4.76. The van der Waals surface area contributed by atoms with E-state index in [1.54, 1.807) is 12.3 Å². The lowest BCUT2D eigenvalue weighted by Gasteiger charge is -2.16. The summed E-state index contributed by atoms with van der Waals surface area (Å²) in [5.74, 6) is -0.678. The third-order valence-electron chi connectivity index (χ3n) is 3.52. The van der Waals surface area contributed by atoms with Crippen molar-refractivity contribution in [2.75, 3.05) is 0 Å². The van der Waals surface area contributed by atoms with Crippen molar-refractivity contribution in [3.05, 3.63) is 42.2 Å². The van der Waals surface area contributed by atoms with Crippen molar-refractivity contribution in [1.82, 2.24) is 9.55 Å². The van der Waals surface area contributed by atoms with E-state index in [4.69, 9.17) is 0 Å². The van der Waals surface area contributed by atoms with Gasteiger partial charge >= 0.3 is 0 Å². The van der Waals surface area contributed by atoms with Gasteiger partial charge in [-0.05, 0) is 19.1 Å². The molecule has 0 unspecified atom stereocenters. The third-order valence-corrected chi connectivity index (χ3v) is 3.52. The summed E-state index contributed by atoms with van der Waals surface area (Å²) in [6.07, 6.45) is 1.61. The van der Waals surface area contributed by atoms with Crippen molar-refractivity contribution >= 4 is 28.4 Å². The van der Waals surface area contributed by atoms with Crippen LogP contribution in [0.1, 0.15) is 22.2 Å². The molecule has 0 radical (unpaired) electrons. The van der Waals surface area contributed by atoms with Crippen LogP contribution in [0.5, 0.6) is 0 Å². The van der Waals surface area contributed by atoms with E-state index in [1.165, 1.54) is 11.5 Å². The molecule has 0 saturated heterocycles. The number of hydrogen-bond donors (Lipinski definition) is 0. The van der Waals surface area contributed by atoms with E-state index in [9.17, 15) is 9.59 Å². The maximum atomic E-state index is 12.1. The van der Waals surface area contributed by atoms with E-state index in [0.29, 0.717) is 5.69 Å². The van der Waals surface area contributed by atoms with Gasteiger partial charge in [-0.25, -0.2) is 9.98 Å². The molecule has 3 aliphatic heterocycles. The zero-order chi connectivity index (χ0) is 13.9. The molecule has 0 fully saturated rings. The molecule has 5 heteroatoms. The molecule has 4 rings (SSSR count). The molecule has 5 nitrogen and oxygen atoms in total. The first kappa shape index (κ1) is 11.0. The largest absolute Gasteiger partial charge is 0.294 e. The monoisotopic (exact) mass is 263 g/mol. The summed E-state index contributed by atoms with van der Waals surface area (Å²) in [5, 5.41) is 0.970. The molecule has 0 atom stereocenters. The first-order valence-electron chi connectivity index (χ1n) is 6.20. The Kier molecular flexibility index (Phi) is 1.99. The fraction of sp³-hybridized carbons (Fsp3) is 0.0667. The Morgan fingerprint density at radius 1 is 1.15 bits per heavy atom. The molecule has 0 spiro atoms. The van der Waals surface area contributed by atoms with Crippen LogP contribution in [0.25, 0.3) is 22.2 Å². The Morgan fingerprint density at radius 2 is 1.95 bits per heavy atom. The lowest BCUT2D eigenvalue weighted by molar-refractivity contribution is 0.0919. The topological polar surface area (TPSA) is 64.3 Å². The van der Waals surface area contributed by atoms with Crippen molar-refractivity contribution in [3.63, 3.8) is 0 Å². The van der Waals surface area contributed by atoms with Gasteiger partial charge in [0.1, 0.15) is 11.4 Å². The van der Waals surface area contributed by atoms with Gasteiger partial charge in [-0.2, -0.15) is 0 Å². The average Bonchev–Trinajstić information content (AvgIpc) is 2.81. The quantitative estimate of drug-likeness (QED) is 0.625. The number of pyridine rings is 1. The number of benzene rings is 1. The van der Waals surface area contributed by atoms with Gasteiger partial charge in [-0.15, -0.1) is 0 Å². The minimum absolute atomic E-state index is 0.197. The fourth-order valence-corrected chi connectivity index (χ4v) is 2.54. The van der Waals surface area contributed by atoms with Gasteiger partial charge in [0.05, 0.1) is 11.2 Å². The molecule has 0 aromatic heterocycles. The standard InChI is InChI=1S/C15H9N3O2/c1-8-15(20)18-7-12-10(6-13(18)14(19)16-8)9-4-2-3-5-11(9)17-12/h2-7H,1H3. The number of nitrogens with zero attached hydrogens (tertiary/aromatic N) is 3. The minimum Gasteiger partial charge on any atom is -0.275 e. The summed E-state index contributed by atoms with van der Waals surface area (Å²) in [7, 11) is 0. The van der Waals surface area contributed by atoms with Crippen molar-refractivity contribution in [3.8, 4) is 11.3 Å². The van der Waals surface area contributed by atoms with Crippen molar-refractivity contribution < 1.29 is 9.59 Å². The van der Waals surface area contributed by atoms with Gasteiger partial charge in [0.15, 0.2) is 0 Å². The van der Waals surface area contributed by atoms with Gasteiger partial charge in [0.25, 0.3) is 11.8 Å². The van der Waals surface area contributed by atoms with E-state index >= 15 is 0 Å². The number of aliphatic imine (C=N–C) groups is 1. The van der Waals surface area contributed by atoms with Gasteiger partial charge in [0.2, 0.25) is 0 Å². The third kappa shape index (κ3) is 1.31. The zero-order valence-electron chi connectivity index (χ0n) is 10.6. The lowest BCUT2D eigenvalue weighted by atomic mass is 10.1. The Bertz CT molecular complexity index is 905. The molecule has 96 valence electrons. The highest BCUT2D eigenvalue weighted by atomic mass is 16.2. The molecule has 3 heterocycles. The molecule has 1 amide bonds. The van der Waals surface area contributed by atoms with Crippen molar-refractivity contribution in [2.45, 2.75) is 6.92 Å². The average molecular weight is 263 g/mol. The summed E-state index contributed by atoms with van der Waals surface area (Å²) < 4.78 is 1.33. The number of fused-ring (bicyclic) bond motifs is 4. The summed E-state index contributed by atoms with van der Waals surface area (Å²) in [4.78, 5) is 32.3. The Balaban J connectivity index is 2.12. The van der Waals surface area contributed by atoms with Crippen LogP contribution in [0, 0.1) is 0 Å². The number of hydrogen-bond acceptors (Lipinski definition) is 3. The Hall–Kier alpha value is -2.82. The number of aromatic nitrogens is 2. The molecule has 20 heavy (non-hydrogen) atoms. The van der Waals surface area contributed by atoms with Crippen LogP contribution in [0.15, 0.2) is 41.5 Å². The maximum Gasteiger partial charge on any atom is 0.294 e. The van der Waals surface area contributed by atoms with Crippen LogP contribution in [-0.2, 0) is 0 Å². The van der Waals surface area contributed by atoms with Gasteiger partial charge < -0.3 is 0 Å². The van der Waals surface area contributed by atoms with Crippen molar-refractivity contribution in [1.29, 1.82) is 0 Å². The highest BCUT2D eigenvalue weighted by molar-refractivity contribution is 6.43. The molecule has 3 aliphatic rings. The maximum absolute atomic E-state index is 12.1. The van der Waals surface area contributed by atoms with E-state index in [1.807, 2.05) is 24.3 Å². The van der Waals surface area contributed by atoms with Crippen LogP contribution >= 0.6 is 0 Å². The van der Waals surface area contributed by atoms with Crippen LogP contribution < -0.4 is 0 Å². The van der Waals surface area contributed by atoms with E-state index in [2.05, 4.69) is 9.98 Å². The number of rotatable bonds is 0. The van der Waals surface area contributed by atoms with Crippen LogP contribution in [0.2, 0.25) is 0 Å².